The Hall–Kier alpha value is -0.370. The van der Waals surface area contributed by atoms with E-state index < -0.39 is 0 Å². The number of hydrogen-bond acceptors (Lipinski definition) is 1. The Bertz CT molecular complexity index is 198. The molecule has 0 aliphatic heterocycles. The third-order valence-corrected chi connectivity index (χ3v) is 2.35. The molecular weight excluding hydrogens is 214 g/mol. The van der Waals surface area contributed by atoms with Gasteiger partial charge in [0.25, 0.3) is 0 Å². The van der Waals surface area contributed by atoms with Gasteiger partial charge in [-0.05, 0) is 31.4 Å². The molecule has 12 heavy (non-hydrogen) atoms. The Morgan fingerprint density at radius 2 is 2.08 bits per heavy atom. The zero-order valence-corrected chi connectivity index (χ0v) is 8.76. The second-order valence-corrected chi connectivity index (χ2v) is 3.61. The van der Waals surface area contributed by atoms with Crippen molar-refractivity contribution in [2.75, 3.05) is 5.33 Å². The molecule has 0 aromatic carbocycles. The van der Waals surface area contributed by atoms with E-state index in [1.165, 1.54) is 25.0 Å². The summed E-state index contributed by atoms with van der Waals surface area (Å²) in [7, 11) is 0. The number of hydrogen-bond donors (Lipinski definition) is 0. The van der Waals surface area contributed by atoms with E-state index in [1.54, 1.807) is 0 Å². The molecule has 0 bridgehead atoms. The summed E-state index contributed by atoms with van der Waals surface area (Å²) in [5.41, 5.74) is 1.21. The van der Waals surface area contributed by atoms with Crippen LogP contribution < -0.4 is 0 Å². The van der Waals surface area contributed by atoms with E-state index in [0.717, 1.165) is 11.8 Å². The van der Waals surface area contributed by atoms with Gasteiger partial charge in [0.2, 0.25) is 0 Å². The molecule has 1 nitrogen and oxygen atoms in total. The molecule has 1 aromatic rings. The van der Waals surface area contributed by atoms with Crippen molar-refractivity contribution in [3.8, 4) is 0 Å². The molecule has 0 unspecified atom stereocenters. The maximum Gasteiger partial charge on any atom is 0.0403 e. The quantitative estimate of drug-likeness (QED) is 0.557. The van der Waals surface area contributed by atoms with Crippen LogP contribution >= 0.6 is 15.9 Å². The van der Waals surface area contributed by atoms with Crippen LogP contribution in [0.15, 0.2) is 24.4 Å². The lowest BCUT2D eigenvalue weighted by Gasteiger charge is -1.98. The van der Waals surface area contributed by atoms with Gasteiger partial charge < -0.3 is 0 Å². The first-order chi connectivity index (χ1) is 5.93. The first-order valence-electron chi connectivity index (χ1n) is 4.39. The molecule has 0 fully saturated rings. The largest absolute Gasteiger partial charge is 0.261 e. The van der Waals surface area contributed by atoms with E-state index in [9.17, 15) is 0 Å². The summed E-state index contributed by atoms with van der Waals surface area (Å²) in [6.45, 7) is 0. The van der Waals surface area contributed by atoms with Crippen LogP contribution in [0.5, 0.6) is 0 Å². The lowest BCUT2D eigenvalue weighted by Crippen LogP contribution is -1.88. The summed E-state index contributed by atoms with van der Waals surface area (Å²) in [4.78, 5) is 4.26. The van der Waals surface area contributed by atoms with Crippen LogP contribution in [-0.4, -0.2) is 10.3 Å². The highest BCUT2D eigenvalue weighted by atomic mass is 79.9. The van der Waals surface area contributed by atoms with Crippen LogP contribution in [-0.2, 0) is 6.42 Å². The van der Waals surface area contributed by atoms with Crippen molar-refractivity contribution >= 4 is 15.9 Å². The van der Waals surface area contributed by atoms with E-state index in [0.29, 0.717) is 0 Å². The minimum atomic E-state index is 1.12. The molecule has 0 spiro atoms. The van der Waals surface area contributed by atoms with Crippen molar-refractivity contribution in [1.29, 1.82) is 0 Å². The zero-order chi connectivity index (χ0) is 8.65. The molecule has 0 N–H and O–H groups in total. The van der Waals surface area contributed by atoms with Gasteiger partial charge in [-0.1, -0.05) is 28.4 Å². The fourth-order valence-electron chi connectivity index (χ4n) is 1.12. The number of nitrogens with zero attached hydrogens (tertiary/aromatic N) is 1. The number of aryl methyl sites for hydroxylation is 1. The maximum absolute atomic E-state index is 4.26. The fourth-order valence-corrected chi connectivity index (χ4v) is 1.52. The summed E-state index contributed by atoms with van der Waals surface area (Å²) >= 11 is 3.42. The van der Waals surface area contributed by atoms with Gasteiger partial charge >= 0.3 is 0 Å². The molecule has 0 amide bonds. The minimum Gasteiger partial charge on any atom is -0.261 e. The summed E-state index contributed by atoms with van der Waals surface area (Å²) in [6.07, 6.45) is 6.80. The summed E-state index contributed by atoms with van der Waals surface area (Å²) < 4.78 is 0. The van der Waals surface area contributed by atoms with Crippen LogP contribution in [0.4, 0.5) is 0 Å². The smallest absolute Gasteiger partial charge is 0.0403 e. The van der Waals surface area contributed by atoms with Crippen LogP contribution in [0, 0.1) is 0 Å². The van der Waals surface area contributed by atoms with Gasteiger partial charge in [-0.15, -0.1) is 0 Å². The fraction of sp³-hybridized carbons (Fsp3) is 0.500. The molecule has 0 radical (unpaired) electrons. The van der Waals surface area contributed by atoms with Crippen LogP contribution in [0.25, 0.3) is 0 Å². The van der Waals surface area contributed by atoms with Gasteiger partial charge in [0, 0.05) is 17.2 Å². The summed E-state index contributed by atoms with van der Waals surface area (Å²) in [5, 5.41) is 1.12. The normalized spacial score (nSPS) is 10.1. The lowest BCUT2D eigenvalue weighted by molar-refractivity contribution is 0.714. The predicted molar refractivity (Wildman–Crippen MR) is 55.6 cm³/mol. The Morgan fingerprint density at radius 1 is 1.17 bits per heavy atom. The minimum absolute atomic E-state index is 1.12. The van der Waals surface area contributed by atoms with E-state index in [1.807, 2.05) is 18.3 Å². The average molecular weight is 228 g/mol. The summed E-state index contributed by atoms with van der Waals surface area (Å²) in [6, 6.07) is 6.10. The maximum atomic E-state index is 4.26. The van der Waals surface area contributed by atoms with Gasteiger partial charge in [0.1, 0.15) is 0 Å². The van der Waals surface area contributed by atoms with Gasteiger partial charge in [-0.3, -0.25) is 4.98 Å². The Morgan fingerprint density at radius 3 is 2.75 bits per heavy atom. The second kappa shape index (κ2) is 6.18. The number of aromatic nitrogens is 1. The lowest BCUT2D eigenvalue weighted by atomic mass is 10.1. The van der Waals surface area contributed by atoms with E-state index in [4.69, 9.17) is 0 Å². The van der Waals surface area contributed by atoms with Crippen molar-refractivity contribution in [1.82, 2.24) is 4.98 Å². The molecule has 66 valence electrons. The van der Waals surface area contributed by atoms with E-state index >= 15 is 0 Å². The summed E-state index contributed by atoms with van der Waals surface area (Å²) in [5.74, 6) is 0. The van der Waals surface area contributed by atoms with Crippen molar-refractivity contribution in [3.63, 3.8) is 0 Å². The molecule has 1 heterocycles. The molecule has 0 saturated heterocycles. The van der Waals surface area contributed by atoms with Gasteiger partial charge in [0.05, 0.1) is 0 Å². The highest BCUT2D eigenvalue weighted by Gasteiger charge is 1.92. The zero-order valence-electron chi connectivity index (χ0n) is 7.17. The van der Waals surface area contributed by atoms with Crippen molar-refractivity contribution in [2.45, 2.75) is 25.7 Å². The van der Waals surface area contributed by atoms with Crippen molar-refractivity contribution < 1.29 is 0 Å². The Labute approximate surface area is 82.3 Å². The van der Waals surface area contributed by atoms with Gasteiger partial charge in [-0.25, -0.2) is 0 Å². The molecule has 0 aliphatic rings. The van der Waals surface area contributed by atoms with E-state index in [-0.39, 0.29) is 0 Å². The molecule has 2 heteroatoms. The monoisotopic (exact) mass is 227 g/mol. The van der Waals surface area contributed by atoms with Gasteiger partial charge in [-0.2, -0.15) is 0 Å². The number of unbranched alkanes of at least 4 members (excludes halogenated alkanes) is 2. The van der Waals surface area contributed by atoms with Crippen LogP contribution in [0.3, 0.4) is 0 Å². The topological polar surface area (TPSA) is 12.9 Å². The average Bonchev–Trinajstić information content (AvgIpc) is 2.14. The SMILES string of the molecule is BrCCCCCc1ccccn1. The van der Waals surface area contributed by atoms with Crippen LogP contribution in [0.1, 0.15) is 25.0 Å². The predicted octanol–water partition coefficient (Wildman–Crippen LogP) is 3.19. The number of rotatable bonds is 5. The molecule has 0 atom stereocenters. The van der Waals surface area contributed by atoms with Crippen molar-refractivity contribution in [2.24, 2.45) is 0 Å². The first kappa shape index (κ1) is 9.72. The number of pyridine rings is 1. The standard InChI is InChI=1S/C10H14BrN/c11-8-4-1-2-6-10-7-3-5-9-12-10/h3,5,7,9H,1-2,4,6,8H2. The Kier molecular flexibility index (Phi) is 5.00. The van der Waals surface area contributed by atoms with E-state index in [2.05, 4.69) is 27.0 Å². The number of alkyl halides is 1. The van der Waals surface area contributed by atoms with Gasteiger partial charge in [0.15, 0.2) is 0 Å². The second-order valence-electron chi connectivity index (χ2n) is 2.82. The highest BCUT2D eigenvalue weighted by molar-refractivity contribution is 9.09. The van der Waals surface area contributed by atoms with Crippen LogP contribution in [0.2, 0.25) is 0 Å². The van der Waals surface area contributed by atoms with Crippen molar-refractivity contribution in [3.05, 3.63) is 30.1 Å². The third-order valence-electron chi connectivity index (χ3n) is 1.79. The molecule has 0 saturated carbocycles. The molecule has 1 aromatic heterocycles. The highest BCUT2D eigenvalue weighted by Crippen LogP contribution is 2.04. The molecule has 0 aliphatic carbocycles. The first-order valence-corrected chi connectivity index (χ1v) is 5.51. The number of halogens is 1. The molecule has 1 rings (SSSR count). The Balaban J connectivity index is 2.16. The molecular formula is C10H14BrN. The third kappa shape index (κ3) is 3.86.